The van der Waals surface area contributed by atoms with Gasteiger partial charge in [-0.3, -0.25) is 4.79 Å². The van der Waals surface area contributed by atoms with E-state index in [0.717, 1.165) is 22.7 Å². The first-order valence-corrected chi connectivity index (χ1v) is 11.3. The molecule has 1 heterocycles. The van der Waals surface area contributed by atoms with Crippen LogP contribution in [0.5, 0.6) is 17.4 Å². The van der Waals surface area contributed by atoms with Crippen LogP contribution < -0.4 is 9.47 Å². The van der Waals surface area contributed by atoms with E-state index < -0.39 is 0 Å². The van der Waals surface area contributed by atoms with E-state index in [1.54, 1.807) is 11.8 Å². The molecule has 1 aromatic heterocycles. The third-order valence-corrected chi connectivity index (χ3v) is 5.65. The highest BCUT2D eigenvalue weighted by molar-refractivity contribution is 5.94. The van der Waals surface area contributed by atoms with Crippen molar-refractivity contribution in [1.82, 2.24) is 14.7 Å². The molecule has 0 unspecified atom stereocenters. The molecule has 4 rings (SSSR count). The summed E-state index contributed by atoms with van der Waals surface area (Å²) < 4.78 is 13.5. The first-order valence-electron chi connectivity index (χ1n) is 11.3. The number of amides is 1. The van der Waals surface area contributed by atoms with Gasteiger partial charge in [-0.15, -0.1) is 0 Å². The second-order valence-corrected chi connectivity index (χ2v) is 8.29. The molecule has 0 radical (unpaired) electrons. The van der Waals surface area contributed by atoms with Crippen molar-refractivity contribution in [3.8, 4) is 23.1 Å². The molecule has 0 spiro atoms. The van der Waals surface area contributed by atoms with Crippen molar-refractivity contribution in [1.29, 1.82) is 0 Å². The van der Waals surface area contributed by atoms with Crippen LogP contribution in [0.25, 0.3) is 5.69 Å². The predicted octanol–water partition coefficient (Wildman–Crippen LogP) is 6.03. The molecule has 0 N–H and O–H groups in total. The Hall–Kier alpha value is -4.06. The first-order chi connectivity index (χ1) is 16.5. The van der Waals surface area contributed by atoms with Gasteiger partial charge < -0.3 is 14.4 Å². The van der Waals surface area contributed by atoms with Gasteiger partial charge in [0.2, 0.25) is 5.88 Å². The lowest BCUT2D eigenvalue weighted by Gasteiger charge is -2.27. The molecular formula is C28H29N3O3. The maximum atomic E-state index is 13.4. The topological polar surface area (TPSA) is 56.6 Å². The number of rotatable bonds is 8. The minimum absolute atomic E-state index is 0.0129. The van der Waals surface area contributed by atoms with Crippen molar-refractivity contribution < 1.29 is 14.3 Å². The fourth-order valence-electron chi connectivity index (χ4n) is 3.73. The molecule has 0 aliphatic rings. The number of nitrogens with zero attached hydrogens (tertiary/aromatic N) is 3. The summed E-state index contributed by atoms with van der Waals surface area (Å²) >= 11 is 0. The van der Waals surface area contributed by atoms with Crippen LogP contribution in [-0.4, -0.2) is 33.7 Å². The number of carbonyl (C=O) groups excluding carboxylic acids is 1. The molecule has 0 fully saturated rings. The zero-order valence-corrected chi connectivity index (χ0v) is 19.9. The lowest BCUT2D eigenvalue weighted by atomic mass is 10.1. The zero-order valence-electron chi connectivity index (χ0n) is 19.9. The quantitative estimate of drug-likeness (QED) is 0.325. The van der Waals surface area contributed by atoms with Crippen LogP contribution in [0, 0.1) is 6.92 Å². The van der Waals surface area contributed by atoms with Gasteiger partial charge in [0.15, 0.2) is 0 Å². The van der Waals surface area contributed by atoms with E-state index >= 15 is 0 Å². The summed E-state index contributed by atoms with van der Waals surface area (Å²) in [6, 6.07) is 26.6. The lowest BCUT2D eigenvalue weighted by Crippen LogP contribution is -2.36. The number of methoxy groups -OCH3 is 1. The highest BCUT2D eigenvalue weighted by Gasteiger charge is 2.25. The third kappa shape index (κ3) is 4.96. The van der Waals surface area contributed by atoms with Crippen molar-refractivity contribution in [3.05, 3.63) is 102 Å². The van der Waals surface area contributed by atoms with Crippen LogP contribution in [-0.2, 0) is 6.54 Å². The molecule has 3 aromatic carbocycles. The molecule has 6 nitrogen and oxygen atoms in total. The van der Waals surface area contributed by atoms with Crippen LogP contribution >= 0.6 is 0 Å². The monoisotopic (exact) mass is 455 g/mol. The van der Waals surface area contributed by atoms with Gasteiger partial charge >= 0.3 is 0 Å². The van der Waals surface area contributed by atoms with Crippen molar-refractivity contribution in [2.75, 3.05) is 7.11 Å². The Morgan fingerprint density at radius 1 is 0.912 bits per heavy atom. The van der Waals surface area contributed by atoms with Crippen LogP contribution in [0.4, 0.5) is 0 Å². The maximum Gasteiger partial charge on any atom is 0.254 e. The van der Waals surface area contributed by atoms with E-state index in [1.807, 2.05) is 111 Å². The van der Waals surface area contributed by atoms with Crippen molar-refractivity contribution in [2.24, 2.45) is 0 Å². The molecule has 0 bridgehead atoms. The molecule has 0 saturated heterocycles. The fraction of sp³-hybridized carbons (Fsp3) is 0.214. The molecule has 0 atom stereocenters. The molecule has 174 valence electrons. The van der Waals surface area contributed by atoms with Crippen molar-refractivity contribution >= 4 is 5.91 Å². The van der Waals surface area contributed by atoms with Crippen LogP contribution in [0.15, 0.2) is 84.9 Å². The van der Waals surface area contributed by atoms with Gasteiger partial charge in [0.1, 0.15) is 11.5 Å². The van der Waals surface area contributed by atoms with Crippen molar-refractivity contribution in [2.45, 2.75) is 33.4 Å². The Morgan fingerprint density at radius 3 is 2.09 bits per heavy atom. The average molecular weight is 456 g/mol. The minimum atomic E-state index is -0.0298. The van der Waals surface area contributed by atoms with E-state index in [1.165, 1.54) is 0 Å². The summed E-state index contributed by atoms with van der Waals surface area (Å²) in [4.78, 5) is 15.2. The SMILES string of the molecule is COc1ccc(Oc2c(CN(C(=O)c3ccccc3)C(C)C)c(C)nn2-c2ccccc2)cc1. The summed E-state index contributed by atoms with van der Waals surface area (Å²) in [6.45, 7) is 6.35. The Kier molecular flexibility index (Phi) is 6.97. The van der Waals surface area contributed by atoms with Gasteiger partial charge in [-0.25, -0.2) is 4.68 Å². The van der Waals surface area contributed by atoms with Crippen molar-refractivity contribution in [3.63, 3.8) is 0 Å². The van der Waals surface area contributed by atoms with E-state index in [4.69, 9.17) is 14.6 Å². The molecule has 4 aromatic rings. The Morgan fingerprint density at radius 2 is 1.50 bits per heavy atom. The summed E-state index contributed by atoms with van der Waals surface area (Å²) in [6.07, 6.45) is 0. The van der Waals surface area contributed by atoms with Gasteiger partial charge in [-0.2, -0.15) is 5.10 Å². The normalized spacial score (nSPS) is 10.9. The van der Waals surface area contributed by atoms with Gasteiger partial charge in [0, 0.05) is 11.6 Å². The summed E-state index contributed by atoms with van der Waals surface area (Å²) in [7, 11) is 1.63. The average Bonchev–Trinajstić information content (AvgIpc) is 3.18. The van der Waals surface area contributed by atoms with E-state index in [0.29, 0.717) is 23.7 Å². The number of para-hydroxylation sites is 1. The number of aryl methyl sites for hydroxylation is 1. The Bertz CT molecular complexity index is 1230. The second-order valence-electron chi connectivity index (χ2n) is 8.29. The largest absolute Gasteiger partial charge is 0.497 e. The number of aromatic nitrogens is 2. The van der Waals surface area contributed by atoms with E-state index in [9.17, 15) is 4.79 Å². The minimum Gasteiger partial charge on any atom is -0.497 e. The number of hydrogen-bond donors (Lipinski definition) is 0. The fourth-order valence-corrected chi connectivity index (χ4v) is 3.73. The highest BCUT2D eigenvalue weighted by Crippen LogP contribution is 2.33. The van der Waals surface area contributed by atoms with E-state index in [-0.39, 0.29) is 11.9 Å². The summed E-state index contributed by atoms with van der Waals surface area (Å²) in [5.41, 5.74) is 3.20. The van der Waals surface area contributed by atoms with Gasteiger partial charge in [0.05, 0.1) is 30.6 Å². The molecule has 6 heteroatoms. The predicted molar refractivity (Wildman–Crippen MR) is 133 cm³/mol. The molecule has 0 saturated carbocycles. The zero-order chi connectivity index (χ0) is 24.1. The summed E-state index contributed by atoms with van der Waals surface area (Å²) in [5, 5.41) is 4.78. The second kappa shape index (κ2) is 10.3. The number of carbonyl (C=O) groups is 1. The standard InChI is InChI=1S/C28H29N3O3/c1-20(2)30(27(32)22-11-7-5-8-12-22)19-26-21(3)29-31(23-13-9-6-10-14-23)28(26)34-25-17-15-24(33-4)16-18-25/h5-18,20H,19H2,1-4H3. The van der Waals surface area contributed by atoms with Gasteiger partial charge in [-0.1, -0.05) is 36.4 Å². The molecule has 1 amide bonds. The smallest absolute Gasteiger partial charge is 0.254 e. The van der Waals surface area contributed by atoms with Gasteiger partial charge in [0.25, 0.3) is 5.91 Å². The first kappa shape index (κ1) is 23.1. The molecule has 34 heavy (non-hydrogen) atoms. The summed E-state index contributed by atoms with van der Waals surface area (Å²) in [5.74, 6) is 1.96. The van der Waals surface area contributed by atoms with Crippen LogP contribution in [0.1, 0.15) is 35.5 Å². The number of hydrogen-bond acceptors (Lipinski definition) is 4. The Balaban J connectivity index is 1.76. The van der Waals surface area contributed by atoms with Gasteiger partial charge in [-0.05, 0) is 69.3 Å². The van der Waals surface area contributed by atoms with Crippen LogP contribution in [0.3, 0.4) is 0 Å². The molecular weight excluding hydrogens is 426 g/mol. The molecule has 0 aliphatic carbocycles. The van der Waals surface area contributed by atoms with E-state index in [2.05, 4.69) is 0 Å². The highest BCUT2D eigenvalue weighted by atomic mass is 16.5. The number of benzene rings is 3. The van der Waals surface area contributed by atoms with Crippen LogP contribution in [0.2, 0.25) is 0 Å². The maximum absolute atomic E-state index is 13.4. The third-order valence-electron chi connectivity index (χ3n) is 5.65. The lowest BCUT2D eigenvalue weighted by molar-refractivity contribution is 0.0689. The molecule has 0 aliphatic heterocycles. The number of ether oxygens (including phenoxy) is 2. The Labute approximate surface area is 200 Å².